The molecule has 2 aromatic heterocycles. The number of fused-ring (bicyclic) bond motifs is 2. The molecule has 2 aromatic carbocycles. The van der Waals surface area contributed by atoms with E-state index < -0.39 is 17.8 Å². The minimum absolute atomic E-state index is 0.0849. The van der Waals surface area contributed by atoms with Gasteiger partial charge in [0.15, 0.2) is 0 Å². The van der Waals surface area contributed by atoms with Crippen molar-refractivity contribution >= 4 is 29.3 Å². The first-order chi connectivity index (χ1) is 24.5. The van der Waals surface area contributed by atoms with Crippen LogP contribution >= 0.6 is 0 Å². The van der Waals surface area contributed by atoms with E-state index in [1.54, 1.807) is 24.4 Å². The maximum Gasteiger partial charge on any atom is 0.416 e. The van der Waals surface area contributed by atoms with Gasteiger partial charge in [0.25, 0.3) is 5.91 Å². The van der Waals surface area contributed by atoms with Gasteiger partial charge in [0.05, 0.1) is 22.4 Å². The Morgan fingerprint density at radius 2 is 1.80 bits per heavy atom. The second kappa shape index (κ2) is 13.7. The molecular weight excluding hydrogens is 659 g/mol. The molecule has 1 saturated heterocycles. The topological polar surface area (TPSA) is 125 Å². The molecule has 3 aliphatic rings. The first-order valence-corrected chi connectivity index (χ1v) is 17.0. The van der Waals surface area contributed by atoms with E-state index in [1.807, 2.05) is 22.6 Å². The molecule has 0 saturated carbocycles. The van der Waals surface area contributed by atoms with Gasteiger partial charge in [0.2, 0.25) is 5.95 Å². The second-order valence-corrected chi connectivity index (χ2v) is 13.0. The van der Waals surface area contributed by atoms with Crippen molar-refractivity contribution < 1.29 is 22.8 Å². The summed E-state index contributed by atoms with van der Waals surface area (Å²) < 4.78 is 44.4. The van der Waals surface area contributed by atoms with E-state index in [2.05, 4.69) is 44.3 Å². The van der Waals surface area contributed by atoms with Gasteiger partial charge in [-0.15, -0.1) is 0 Å². The lowest BCUT2D eigenvalue weighted by Gasteiger charge is -2.34. The number of urea groups is 1. The molecule has 0 bridgehead atoms. The highest BCUT2D eigenvalue weighted by Crippen LogP contribution is 2.36. The lowest BCUT2D eigenvalue weighted by Crippen LogP contribution is -2.45. The van der Waals surface area contributed by atoms with Crippen LogP contribution in [0.2, 0.25) is 0 Å². The number of carbonyl (C=O) groups is 2. The Kier molecular flexibility index (Phi) is 9.17. The fourth-order valence-electron chi connectivity index (χ4n) is 7.02. The molecule has 11 nitrogen and oxygen atoms in total. The fourth-order valence-corrected chi connectivity index (χ4v) is 7.02. The average Bonchev–Trinajstić information content (AvgIpc) is 3.69. The quantitative estimate of drug-likeness (QED) is 0.263. The van der Waals surface area contributed by atoms with Crippen LogP contribution in [0.3, 0.4) is 0 Å². The van der Waals surface area contributed by atoms with Crippen molar-refractivity contribution in [1.29, 1.82) is 0 Å². The van der Waals surface area contributed by atoms with E-state index in [-0.39, 0.29) is 29.7 Å². The summed E-state index contributed by atoms with van der Waals surface area (Å²) in [5, 5.41) is 5.54. The van der Waals surface area contributed by atoms with E-state index in [0.29, 0.717) is 72.8 Å². The number of piperazine rings is 1. The monoisotopic (exact) mass is 697 g/mol. The van der Waals surface area contributed by atoms with E-state index in [4.69, 9.17) is 5.73 Å². The molecule has 3 aliphatic heterocycles. The normalized spacial score (nSPS) is 16.3. The summed E-state index contributed by atoms with van der Waals surface area (Å²) >= 11 is 0. The van der Waals surface area contributed by atoms with Crippen LogP contribution in [0.4, 0.5) is 35.3 Å². The summed E-state index contributed by atoms with van der Waals surface area (Å²) in [6, 6.07) is 10.8. The number of benzene rings is 2. The summed E-state index contributed by atoms with van der Waals surface area (Å²) in [6.45, 7) is 7.20. The summed E-state index contributed by atoms with van der Waals surface area (Å²) in [7, 11) is 1.88. The van der Waals surface area contributed by atoms with Crippen LogP contribution in [0.5, 0.6) is 0 Å². The molecule has 7 rings (SSSR count). The van der Waals surface area contributed by atoms with Crippen molar-refractivity contribution in [3.8, 4) is 23.2 Å². The number of hydrogen-bond acceptors (Lipinski definition) is 7. The van der Waals surface area contributed by atoms with Crippen LogP contribution < -0.4 is 21.3 Å². The first-order valence-electron chi connectivity index (χ1n) is 17.0. The highest BCUT2D eigenvalue weighted by atomic mass is 19.4. The Balaban J connectivity index is 1.07. The fraction of sp³-hybridized carbons (Fsp3) is 0.351. The van der Waals surface area contributed by atoms with Gasteiger partial charge in [-0.25, -0.2) is 14.8 Å². The molecule has 4 N–H and O–H groups in total. The minimum atomic E-state index is -4.56. The van der Waals surface area contributed by atoms with E-state index in [1.165, 1.54) is 17.0 Å². The lowest BCUT2D eigenvalue weighted by molar-refractivity contribution is -0.138. The standard InChI is InChI=1S/C37H38F3N9O2/c1-3-47-14-16-48(17-15-47)22-26-7-8-27(19-29(26)37(38,39)40)44-36(51)49-13-11-24-18-23(5-9-30(24)49)4-6-25-21-43-35(41)45-33(25)32-20-28-31(46(32)2)10-12-42-34(28)50/h5,7-9,18-21H,3,10-17,22H2,1-2H3,(H,42,50)(H,44,51)(H2,41,43,45). The molecule has 4 aromatic rings. The predicted octanol–water partition coefficient (Wildman–Crippen LogP) is 4.50. The number of amides is 3. The van der Waals surface area contributed by atoms with Crippen LogP contribution in [0.25, 0.3) is 11.4 Å². The number of rotatable bonds is 5. The molecule has 0 spiro atoms. The Hall–Kier alpha value is -5.39. The van der Waals surface area contributed by atoms with Gasteiger partial charge < -0.3 is 25.8 Å². The van der Waals surface area contributed by atoms with Crippen molar-refractivity contribution in [2.24, 2.45) is 7.05 Å². The predicted molar refractivity (Wildman–Crippen MR) is 188 cm³/mol. The van der Waals surface area contributed by atoms with Crippen molar-refractivity contribution in [2.45, 2.75) is 32.5 Å². The number of nitrogens with one attached hydrogen (secondary N) is 2. The van der Waals surface area contributed by atoms with Gasteiger partial charge in [0.1, 0.15) is 5.69 Å². The van der Waals surface area contributed by atoms with Crippen LogP contribution in [0.15, 0.2) is 48.7 Å². The van der Waals surface area contributed by atoms with E-state index in [9.17, 15) is 22.8 Å². The summed E-state index contributed by atoms with van der Waals surface area (Å²) in [5.74, 6) is 6.26. The molecule has 14 heteroatoms. The number of nitrogens with zero attached hydrogens (tertiary/aromatic N) is 6. The molecular formula is C37H38F3N9O2. The van der Waals surface area contributed by atoms with Gasteiger partial charge in [-0.05, 0) is 60.5 Å². The SMILES string of the molecule is CCN1CCN(Cc2ccc(NC(=O)N3CCc4cc(C#Cc5cnc(N)nc5-c5cc6c(n5C)CCNC6=O)ccc43)cc2C(F)(F)F)CC1. The zero-order valence-electron chi connectivity index (χ0n) is 28.4. The molecule has 0 atom stereocenters. The first kappa shape index (κ1) is 34.1. The van der Waals surface area contributed by atoms with E-state index >= 15 is 0 Å². The van der Waals surface area contributed by atoms with Gasteiger partial charge in [-0.3, -0.25) is 14.6 Å². The number of nitrogens with two attached hydrogens (primary N) is 1. The largest absolute Gasteiger partial charge is 0.416 e. The van der Waals surface area contributed by atoms with Crippen molar-refractivity contribution in [3.63, 3.8) is 0 Å². The average molecular weight is 698 g/mol. The third-order valence-corrected chi connectivity index (χ3v) is 9.83. The van der Waals surface area contributed by atoms with Gasteiger partial charge in [-0.2, -0.15) is 13.2 Å². The lowest BCUT2D eigenvalue weighted by atomic mass is 10.0. The summed E-state index contributed by atoms with van der Waals surface area (Å²) in [4.78, 5) is 40.2. The minimum Gasteiger partial charge on any atom is -0.368 e. The number of aromatic nitrogens is 3. The van der Waals surface area contributed by atoms with Gasteiger partial charge in [-0.1, -0.05) is 24.8 Å². The molecule has 0 aliphatic carbocycles. The molecule has 5 heterocycles. The molecule has 0 unspecified atom stereocenters. The van der Waals surface area contributed by atoms with Gasteiger partial charge in [0, 0.05) is 88.1 Å². The van der Waals surface area contributed by atoms with E-state index in [0.717, 1.165) is 37.0 Å². The highest BCUT2D eigenvalue weighted by molar-refractivity contribution is 6.03. The van der Waals surface area contributed by atoms with Crippen LogP contribution in [-0.2, 0) is 32.6 Å². The van der Waals surface area contributed by atoms with Crippen LogP contribution in [-0.4, -0.2) is 82.1 Å². The highest BCUT2D eigenvalue weighted by Gasteiger charge is 2.35. The van der Waals surface area contributed by atoms with Crippen molar-refractivity contribution in [2.75, 3.05) is 61.8 Å². The van der Waals surface area contributed by atoms with Crippen LogP contribution in [0, 0.1) is 11.8 Å². The maximum atomic E-state index is 14.2. The molecule has 3 amide bonds. The number of hydrogen-bond donors (Lipinski definition) is 3. The Morgan fingerprint density at radius 3 is 2.55 bits per heavy atom. The zero-order chi connectivity index (χ0) is 35.9. The zero-order valence-corrected chi connectivity index (χ0v) is 28.4. The third kappa shape index (κ3) is 6.99. The Morgan fingerprint density at radius 1 is 1.02 bits per heavy atom. The third-order valence-electron chi connectivity index (χ3n) is 9.83. The number of carbonyl (C=O) groups excluding carboxylic acids is 2. The number of nitrogen functional groups attached to an aromatic ring is 1. The van der Waals surface area contributed by atoms with Crippen LogP contribution in [0.1, 0.15) is 50.8 Å². The van der Waals surface area contributed by atoms with Gasteiger partial charge >= 0.3 is 12.2 Å². The number of likely N-dealkylation sites (N-methyl/N-ethyl adjacent to an activating group) is 1. The Bertz CT molecular complexity index is 2070. The molecule has 51 heavy (non-hydrogen) atoms. The smallest absolute Gasteiger partial charge is 0.368 e. The Labute approximate surface area is 293 Å². The van der Waals surface area contributed by atoms with Crippen molar-refractivity contribution in [3.05, 3.63) is 87.7 Å². The maximum absolute atomic E-state index is 14.2. The summed E-state index contributed by atoms with van der Waals surface area (Å²) in [6.07, 6.45) is -1.75. The summed E-state index contributed by atoms with van der Waals surface area (Å²) in [5.41, 5.74) is 11.0. The molecule has 0 radical (unpaired) electrons. The second-order valence-electron chi connectivity index (χ2n) is 13.0. The number of anilines is 3. The van der Waals surface area contributed by atoms with Crippen molar-refractivity contribution in [1.82, 2.24) is 29.7 Å². The molecule has 1 fully saturated rings. The number of alkyl halides is 3. The molecule has 264 valence electrons. The number of halogens is 3.